The molecule has 2 aromatic rings. The van der Waals surface area contributed by atoms with Crippen molar-refractivity contribution in [2.45, 2.75) is 40.0 Å². The lowest BCUT2D eigenvalue weighted by Crippen LogP contribution is -2.09. The lowest BCUT2D eigenvalue weighted by Gasteiger charge is -2.09. The van der Waals surface area contributed by atoms with E-state index in [0.717, 1.165) is 22.9 Å². The van der Waals surface area contributed by atoms with Gasteiger partial charge in [0.15, 0.2) is 6.61 Å². The van der Waals surface area contributed by atoms with Gasteiger partial charge in [-0.1, -0.05) is 39.7 Å². The van der Waals surface area contributed by atoms with Gasteiger partial charge in [-0.3, -0.25) is 9.78 Å². The predicted octanol–water partition coefficient (Wildman–Crippen LogP) is 4.43. The highest BCUT2D eigenvalue weighted by molar-refractivity contribution is 5.96. The maximum atomic E-state index is 11.1. The van der Waals surface area contributed by atoms with Crippen molar-refractivity contribution in [3.63, 3.8) is 0 Å². The van der Waals surface area contributed by atoms with Gasteiger partial charge in [0.1, 0.15) is 11.3 Å². The van der Waals surface area contributed by atoms with Crippen LogP contribution < -0.4 is 4.74 Å². The number of nitrogens with zero attached hydrogens (tertiary/aromatic N) is 1. The number of ether oxygens (including phenoxy) is 1. The number of fused-ring (bicyclic) bond motifs is 1. The average molecular weight is 299 g/mol. The third-order valence-corrected chi connectivity index (χ3v) is 3.16. The van der Waals surface area contributed by atoms with Crippen LogP contribution in [-0.4, -0.2) is 17.4 Å². The van der Waals surface area contributed by atoms with E-state index in [2.05, 4.69) is 31.8 Å². The highest BCUT2D eigenvalue weighted by Crippen LogP contribution is 2.26. The number of unbranched alkanes of at least 4 members (excludes halogenated alkanes) is 1. The Bertz CT molecular complexity index is 660. The Kier molecular flexibility index (Phi) is 7.70. The van der Waals surface area contributed by atoms with Gasteiger partial charge in [-0.05, 0) is 36.1 Å². The highest BCUT2D eigenvalue weighted by atomic mass is 16.5. The first kappa shape index (κ1) is 17.7. The predicted molar refractivity (Wildman–Crippen MR) is 93.2 cm³/mol. The van der Waals surface area contributed by atoms with Crippen LogP contribution in [0, 0.1) is 12.3 Å². The van der Waals surface area contributed by atoms with E-state index in [-0.39, 0.29) is 13.8 Å². The van der Waals surface area contributed by atoms with Crippen molar-refractivity contribution >= 4 is 16.7 Å². The summed E-state index contributed by atoms with van der Waals surface area (Å²) in [6.07, 6.45) is 10.2. The normalized spacial score (nSPS) is 9.55. The van der Waals surface area contributed by atoms with Crippen LogP contribution in [0.5, 0.6) is 5.75 Å². The lowest BCUT2D eigenvalue weighted by molar-refractivity contribution is -0.115. The topological polar surface area (TPSA) is 39.2 Å². The first-order chi connectivity index (χ1) is 10.7. The molecule has 118 valence electrons. The maximum absolute atomic E-state index is 11.1. The fraction of sp³-hybridized carbons (Fsp3) is 0.368. The standard InChI is InChI=1S/C15H13NO2.C4H10.H2/c1-3-11-8-12-6-5-7-16-15(12)14(9-11)18-10-13(17)4-2;1-3-4-2;/h2,5-9H,3,10H2,1H3;3-4H2,1-2H3;1H. The van der Waals surface area contributed by atoms with Crippen LogP contribution in [0.25, 0.3) is 10.9 Å². The second-order valence-electron chi connectivity index (χ2n) is 4.88. The number of ketones is 1. The molecule has 0 atom stereocenters. The molecule has 0 aliphatic rings. The molecule has 0 fully saturated rings. The Morgan fingerprint density at radius 1 is 1.32 bits per heavy atom. The first-order valence-electron chi connectivity index (χ1n) is 7.66. The Balaban J connectivity index is 0.000000871. The van der Waals surface area contributed by atoms with E-state index in [0.29, 0.717) is 5.75 Å². The molecule has 0 N–H and O–H groups in total. The summed E-state index contributed by atoms with van der Waals surface area (Å²) in [6, 6.07) is 7.81. The Labute approximate surface area is 134 Å². The van der Waals surface area contributed by atoms with Gasteiger partial charge in [0.2, 0.25) is 5.78 Å². The van der Waals surface area contributed by atoms with Gasteiger partial charge in [0.05, 0.1) is 0 Å². The molecule has 0 saturated heterocycles. The zero-order chi connectivity index (χ0) is 16.4. The van der Waals surface area contributed by atoms with E-state index < -0.39 is 0 Å². The number of terminal acetylenes is 1. The van der Waals surface area contributed by atoms with E-state index in [1.165, 1.54) is 12.8 Å². The Morgan fingerprint density at radius 2 is 2.05 bits per heavy atom. The lowest BCUT2D eigenvalue weighted by atomic mass is 10.1. The zero-order valence-corrected chi connectivity index (χ0v) is 13.6. The van der Waals surface area contributed by atoms with Gasteiger partial charge >= 0.3 is 0 Å². The molecular weight excluding hydrogens is 274 g/mol. The number of hydrogen-bond donors (Lipinski definition) is 0. The molecule has 1 aromatic heterocycles. The summed E-state index contributed by atoms with van der Waals surface area (Å²) in [7, 11) is 0. The van der Waals surface area contributed by atoms with E-state index in [4.69, 9.17) is 11.2 Å². The molecule has 0 aliphatic heterocycles. The van der Waals surface area contributed by atoms with Crippen LogP contribution in [0.4, 0.5) is 0 Å². The molecule has 0 unspecified atom stereocenters. The fourth-order valence-electron chi connectivity index (χ4n) is 1.72. The van der Waals surface area contributed by atoms with Gasteiger partial charge in [-0.25, -0.2) is 0 Å². The van der Waals surface area contributed by atoms with Crippen LogP contribution in [0.1, 0.15) is 40.6 Å². The van der Waals surface area contributed by atoms with E-state index in [1.807, 2.05) is 24.1 Å². The molecular formula is C19H25NO2. The second-order valence-corrected chi connectivity index (χ2v) is 4.88. The summed E-state index contributed by atoms with van der Waals surface area (Å²) in [6.45, 7) is 6.31. The Morgan fingerprint density at radius 3 is 2.64 bits per heavy atom. The van der Waals surface area contributed by atoms with Crippen molar-refractivity contribution in [3.8, 4) is 18.1 Å². The molecule has 0 bridgehead atoms. The third kappa shape index (κ3) is 5.21. The smallest absolute Gasteiger partial charge is 0.242 e. The number of aryl methyl sites for hydroxylation is 1. The average Bonchev–Trinajstić information content (AvgIpc) is 2.59. The number of pyridine rings is 1. The van der Waals surface area contributed by atoms with Gasteiger partial charge in [0.25, 0.3) is 0 Å². The molecule has 0 spiro atoms. The summed E-state index contributed by atoms with van der Waals surface area (Å²) in [5, 5.41) is 1.00. The molecule has 1 aromatic carbocycles. The minimum absolute atomic E-state index is 0. The molecule has 3 heteroatoms. The third-order valence-electron chi connectivity index (χ3n) is 3.16. The summed E-state index contributed by atoms with van der Waals surface area (Å²) in [4.78, 5) is 15.4. The SMILES string of the molecule is C#CC(=O)COc1cc(CC)cc2cccnc12.CCCC.[HH]. The highest BCUT2D eigenvalue weighted by Gasteiger charge is 2.07. The van der Waals surface area contributed by atoms with Crippen LogP contribution in [0.15, 0.2) is 30.5 Å². The van der Waals surface area contributed by atoms with Crippen molar-refractivity contribution in [2.24, 2.45) is 0 Å². The molecule has 0 saturated carbocycles. The van der Waals surface area contributed by atoms with Gasteiger partial charge in [0, 0.05) is 13.0 Å². The van der Waals surface area contributed by atoms with Gasteiger partial charge < -0.3 is 4.74 Å². The Hall–Kier alpha value is -2.34. The summed E-state index contributed by atoms with van der Waals surface area (Å²) >= 11 is 0. The molecule has 3 nitrogen and oxygen atoms in total. The zero-order valence-electron chi connectivity index (χ0n) is 13.6. The second kappa shape index (κ2) is 9.57. The van der Waals surface area contributed by atoms with Gasteiger partial charge in [-0.15, -0.1) is 6.42 Å². The molecule has 0 amide bonds. The number of Topliss-reactive ketones (excluding diaryl/α,β-unsaturated/α-hetero) is 1. The largest absolute Gasteiger partial charge is 0.482 e. The van der Waals surface area contributed by atoms with Crippen LogP contribution >= 0.6 is 0 Å². The number of carbonyl (C=O) groups excluding carboxylic acids is 1. The summed E-state index contributed by atoms with van der Waals surface area (Å²) in [5.74, 6) is 2.26. The van der Waals surface area contributed by atoms with Crippen molar-refractivity contribution < 1.29 is 11.0 Å². The first-order valence-corrected chi connectivity index (χ1v) is 7.66. The maximum Gasteiger partial charge on any atom is 0.242 e. The van der Waals surface area contributed by atoms with Crippen LogP contribution in [0.3, 0.4) is 0 Å². The summed E-state index contributed by atoms with van der Waals surface area (Å²) in [5.41, 5.74) is 1.89. The quantitative estimate of drug-likeness (QED) is 0.605. The summed E-state index contributed by atoms with van der Waals surface area (Å²) < 4.78 is 5.46. The van der Waals surface area contributed by atoms with E-state index >= 15 is 0 Å². The number of hydrogen-bond acceptors (Lipinski definition) is 3. The van der Waals surface area contributed by atoms with Crippen molar-refractivity contribution in [1.82, 2.24) is 4.98 Å². The minimum Gasteiger partial charge on any atom is -0.482 e. The molecule has 1 heterocycles. The number of rotatable bonds is 5. The number of benzene rings is 1. The fourth-order valence-corrected chi connectivity index (χ4v) is 1.72. The van der Waals surface area contributed by atoms with Crippen molar-refractivity contribution in [3.05, 3.63) is 36.0 Å². The van der Waals surface area contributed by atoms with Crippen molar-refractivity contribution in [1.29, 1.82) is 0 Å². The van der Waals surface area contributed by atoms with Crippen molar-refractivity contribution in [2.75, 3.05) is 6.61 Å². The van der Waals surface area contributed by atoms with E-state index in [1.54, 1.807) is 6.20 Å². The molecule has 0 radical (unpaired) electrons. The monoisotopic (exact) mass is 299 g/mol. The minimum atomic E-state index is -0.374. The number of carbonyl (C=O) groups is 1. The molecule has 0 aliphatic carbocycles. The number of aromatic nitrogens is 1. The molecule has 22 heavy (non-hydrogen) atoms. The van der Waals surface area contributed by atoms with Crippen LogP contribution in [-0.2, 0) is 11.2 Å². The molecule has 2 rings (SSSR count). The van der Waals surface area contributed by atoms with Gasteiger partial charge in [-0.2, -0.15) is 0 Å². The van der Waals surface area contributed by atoms with E-state index in [9.17, 15) is 4.79 Å². The van der Waals surface area contributed by atoms with Crippen LogP contribution in [0.2, 0.25) is 0 Å².